The highest BCUT2D eigenvalue weighted by molar-refractivity contribution is 7.19. The van der Waals surface area contributed by atoms with Crippen LogP contribution in [0.5, 0.6) is 0 Å². The summed E-state index contributed by atoms with van der Waals surface area (Å²) in [6.07, 6.45) is 1.99. The molecule has 0 bridgehead atoms. The number of thiophene rings is 2. The fourth-order valence-corrected chi connectivity index (χ4v) is 6.35. The molecular formula is C26H40N4O3S2Si. The number of anilines is 1. The molecule has 198 valence electrons. The Bertz CT molecular complexity index is 1160. The molecule has 0 fully saturated rings. The first kappa shape index (κ1) is 28.6. The molecule has 0 aromatic carbocycles. The number of hydrogen-bond donors (Lipinski definition) is 2. The van der Waals surface area contributed by atoms with E-state index < -0.39 is 20.0 Å². The van der Waals surface area contributed by atoms with Gasteiger partial charge in [0.15, 0.2) is 8.32 Å². The third-order valence-electron chi connectivity index (χ3n) is 6.44. The lowest BCUT2D eigenvalue weighted by Crippen LogP contribution is -2.48. The van der Waals surface area contributed by atoms with E-state index in [0.29, 0.717) is 13.0 Å². The van der Waals surface area contributed by atoms with Gasteiger partial charge >= 0.3 is 6.09 Å². The Morgan fingerprint density at radius 3 is 2.53 bits per heavy atom. The lowest BCUT2D eigenvalue weighted by Gasteiger charge is -2.37. The highest BCUT2D eigenvalue weighted by Crippen LogP contribution is 2.37. The average Bonchev–Trinajstić information content (AvgIpc) is 3.37. The van der Waals surface area contributed by atoms with Gasteiger partial charge in [-0.15, -0.1) is 27.8 Å². The van der Waals surface area contributed by atoms with Crippen molar-refractivity contribution in [1.82, 2.24) is 15.5 Å². The number of aryl methyl sites for hydroxylation is 1. The molecule has 7 nitrogen and oxygen atoms in total. The molecule has 1 amide bonds. The molecule has 0 saturated heterocycles. The van der Waals surface area contributed by atoms with Gasteiger partial charge in [-0.2, -0.15) is 5.10 Å². The van der Waals surface area contributed by atoms with Gasteiger partial charge in [0, 0.05) is 22.7 Å². The molecule has 10 heteroatoms. The van der Waals surface area contributed by atoms with Crippen molar-refractivity contribution in [3.05, 3.63) is 39.0 Å². The van der Waals surface area contributed by atoms with Crippen LogP contribution in [0, 0.1) is 6.92 Å². The number of amides is 1. The molecule has 2 N–H and O–H groups in total. The predicted molar refractivity (Wildman–Crippen MR) is 154 cm³/mol. The second kappa shape index (κ2) is 11.2. The summed E-state index contributed by atoms with van der Waals surface area (Å²) in [5.41, 5.74) is 2.39. The summed E-state index contributed by atoms with van der Waals surface area (Å²) in [6, 6.07) is 3.94. The third kappa shape index (κ3) is 7.50. The van der Waals surface area contributed by atoms with Crippen LogP contribution >= 0.6 is 22.7 Å². The first-order valence-corrected chi connectivity index (χ1v) is 16.9. The number of rotatable bonds is 9. The minimum atomic E-state index is -1.99. The van der Waals surface area contributed by atoms with Crippen LogP contribution < -0.4 is 10.6 Å². The maximum Gasteiger partial charge on any atom is 0.407 e. The first-order chi connectivity index (χ1) is 16.7. The molecule has 0 radical (unpaired) electrons. The molecule has 3 heterocycles. The summed E-state index contributed by atoms with van der Waals surface area (Å²) in [5, 5.41) is 17.4. The van der Waals surface area contributed by atoms with Crippen LogP contribution in [0.25, 0.3) is 10.2 Å². The van der Waals surface area contributed by atoms with E-state index in [4.69, 9.17) is 9.16 Å². The van der Waals surface area contributed by atoms with E-state index in [1.807, 2.05) is 20.8 Å². The lowest BCUT2D eigenvalue weighted by atomic mass is 10.1. The van der Waals surface area contributed by atoms with Crippen molar-refractivity contribution < 1.29 is 14.0 Å². The number of hydrogen-bond acceptors (Lipinski definition) is 8. The van der Waals surface area contributed by atoms with E-state index in [1.165, 1.54) is 4.88 Å². The Morgan fingerprint density at radius 1 is 1.19 bits per heavy atom. The quantitative estimate of drug-likeness (QED) is 0.277. The number of fused-ring (bicyclic) bond motifs is 1. The van der Waals surface area contributed by atoms with Crippen LogP contribution in [0.3, 0.4) is 0 Å². The van der Waals surface area contributed by atoms with E-state index >= 15 is 0 Å². The number of ether oxygens (including phenoxy) is 1. The average molecular weight is 549 g/mol. The predicted octanol–water partition coefficient (Wildman–Crippen LogP) is 7.13. The minimum absolute atomic E-state index is 0.0791. The van der Waals surface area contributed by atoms with Gasteiger partial charge in [0.1, 0.15) is 11.1 Å². The summed E-state index contributed by atoms with van der Waals surface area (Å²) >= 11 is 3.42. The number of carbonyl (C=O) groups excluding carboxylic acids is 1. The highest BCUT2D eigenvalue weighted by atomic mass is 32.1. The summed E-state index contributed by atoms with van der Waals surface area (Å²) < 4.78 is 13.1. The molecule has 36 heavy (non-hydrogen) atoms. The van der Waals surface area contributed by atoms with E-state index in [2.05, 4.69) is 79.1 Å². The summed E-state index contributed by atoms with van der Waals surface area (Å²) in [6.45, 7) is 20.0. The highest BCUT2D eigenvalue weighted by Gasteiger charge is 2.38. The van der Waals surface area contributed by atoms with Crippen molar-refractivity contribution in [2.75, 3.05) is 11.9 Å². The fourth-order valence-electron chi connectivity index (χ4n) is 3.35. The molecule has 0 saturated carbocycles. The Kier molecular flexibility index (Phi) is 8.85. The van der Waals surface area contributed by atoms with Crippen molar-refractivity contribution in [1.29, 1.82) is 0 Å². The minimum Gasteiger partial charge on any atom is -0.444 e. The van der Waals surface area contributed by atoms with Crippen LogP contribution in [0.2, 0.25) is 18.1 Å². The maximum atomic E-state index is 12.7. The van der Waals surface area contributed by atoms with Gasteiger partial charge in [0.2, 0.25) is 0 Å². The van der Waals surface area contributed by atoms with Crippen LogP contribution in [0.15, 0.2) is 23.7 Å². The van der Waals surface area contributed by atoms with Crippen molar-refractivity contribution in [2.45, 2.75) is 91.2 Å². The largest absolute Gasteiger partial charge is 0.444 e. The van der Waals surface area contributed by atoms with Crippen molar-refractivity contribution in [2.24, 2.45) is 0 Å². The standard InChI is InChI=1S/C26H40N4O3S2Si/c1-17-21(35-23-20(15-28-30-22(17)23)27-14-19-11-10-12-34-19)13-18(29-24(31)33-25(2,3)4)16-32-36(8,9)26(5,6)7/h10-12,15,18H,13-14,16H2,1-9H3,(H,27,30)(H,29,31)/t18-/m1/s1. The molecule has 3 rings (SSSR count). The van der Waals surface area contributed by atoms with Crippen LogP contribution in [0.1, 0.15) is 56.9 Å². The number of aromatic nitrogens is 2. The van der Waals surface area contributed by atoms with E-state index in [1.54, 1.807) is 28.9 Å². The smallest absolute Gasteiger partial charge is 0.407 e. The number of alkyl carbamates (subject to hydrolysis) is 1. The Labute approximate surface area is 224 Å². The molecule has 3 aromatic heterocycles. The van der Waals surface area contributed by atoms with Crippen LogP contribution in [-0.4, -0.2) is 42.9 Å². The Balaban J connectivity index is 1.83. The van der Waals surface area contributed by atoms with Crippen LogP contribution in [-0.2, 0) is 22.1 Å². The molecule has 0 aliphatic carbocycles. The van der Waals surface area contributed by atoms with Gasteiger partial charge < -0.3 is 19.8 Å². The number of nitrogens with one attached hydrogen (secondary N) is 2. The second-order valence-corrected chi connectivity index (χ2v) is 18.6. The van der Waals surface area contributed by atoms with Crippen LogP contribution in [0.4, 0.5) is 10.5 Å². The van der Waals surface area contributed by atoms with Gasteiger partial charge in [-0.3, -0.25) is 0 Å². The molecule has 1 atom stereocenters. The molecule has 0 spiro atoms. The Morgan fingerprint density at radius 2 is 1.92 bits per heavy atom. The van der Waals surface area contributed by atoms with Gasteiger partial charge in [0.05, 0.1) is 29.2 Å². The fraction of sp³-hybridized carbons (Fsp3) is 0.577. The molecule has 0 aliphatic heterocycles. The molecule has 0 unspecified atom stereocenters. The number of nitrogens with zero attached hydrogens (tertiary/aromatic N) is 2. The zero-order valence-electron chi connectivity index (χ0n) is 22.9. The van der Waals surface area contributed by atoms with E-state index in [0.717, 1.165) is 32.9 Å². The zero-order chi connectivity index (χ0) is 26.7. The number of carbonyl (C=O) groups is 1. The summed E-state index contributed by atoms with van der Waals surface area (Å²) in [5.74, 6) is 0. The van der Waals surface area contributed by atoms with Crippen molar-refractivity contribution >= 4 is 53.0 Å². The SMILES string of the molecule is Cc1c(C[C@H](CO[Si](C)(C)C(C)(C)C)NC(=O)OC(C)(C)C)sc2c(NCc3cccs3)cnnc12. The first-order valence-electron chi connectivity index (χ1n) is 12.3. The van der Waals surface area contributed by atoms with E-state index in [-0.39, 0.29) is 11.1 Å². The third-order valence-corrected chi connectivity index (χ3v) is 13.2. The van der Waals surface area contributed by atoms with Crippen molar-refractivity contribution in [3.63, 3.8) is 0 Å². The van der Waals surface area contributed by atoms with Gasteiger partial charge in [-0.05, 0) is 62.8 Å². The summed E-state index contributed by atoms with van der Waals surface area (Å²) in [4.78, 5) is 15.1. The zero-order valence-corrected chi connectivity index (χ0v) is 25.6. The monoisotopic (exact) mass is 548 g/mol. The lowest BCUT2D eigenvalue weighted by molar-refractivity contribution is 0.0485. The van der Waals surface area contributed by atoms with Gasteiger partial charge in [-0.1, -0.05) is 26.8 Å². The van der Waals surface area contributed by atoms with Gasteiger partial charge in [-0.25, -0.2) is 4.79 Å². The molecule has 0 aliphatic rings. The second-order valence-electron chi connectivity index (χ2n) is 11.6. The maximum absolute atomic E-state index is 12.7. The Hall–Kier alpha value is -2.01. The van der Waals surface area contributed by atoms with Crippen molar-refractivity contribution in [3.8, 4) is 0 Å². The normalized spacial score (nSPS) is 13.6. The molecular weight excluding hydrogens is 509 g/mol. The van der Waals surface area contributed by atoms with E-state index in [9.17, 15) is 4.79 Å². The topological polar surface area (TPSA) is 85.4 Å². The summed E-state index contributed by atoms with van der Waals surface area (Å²) in [7, 11) is -1.99. The molecule has 3 aromatic rings. The van der Waals surface area contributed by atoms with Gasteiger partial charge in [0.25, 0.3) is 0 Å².